The molecule has 15 nitrogen and oxygen atoms in total. The van der Waals surface area contributed by atoms with Gasteiger partial charge in [0.05, 0.1) is 34.8 Å². The highest BCUT2D eigenvalue weighted by Crippen LogP contribution is 2.51. The Morgan fingerprint density at radius 3 is 2.42 bits per heavy atom. The highest BCUT2D eigenvalue weighted by atomic mass is 19.1. The zero-order chi connectivity index (χ0) is 44.3. The summed E-state index contributed by atoms with van der Waals surface area (Å²) < 4.78 is 28.7. The summed E-state index contributed by atoms with van der Waals surface area (Å²) in [6, 6.07) is 19.4. The normalized spacial score (nSPS) is 14.5. The van der Waals surface area contributed by atoms with E-state index < -0.39 is 11.3 Å². The molecule has 0 bridgehead atoms. The van der Waals surface area contributed by atoms with Crippen LogP contribution >= 0.6 is 0 Å². The Hall–Kier alpha value is -7.62. The van der Waals surface area contributed by atoms with E-state index in [1.807, 2.05) is 61.1 Å². The summed E-state index contributed by atoms with van der Waals surface area (Å²) in [7, 11) is 1.87. The van der Waals surface area contributed by atoms with Crippen molar-refractivity contribution in [2.45, 2.75) is 72.4 Å². The minimum Gasteiger partial charge on any atom is -0.332 e. The molecule has 1 saturated carbocycles. The molecule has 11 rings (SSSR count). The largest absolute Gasteiger partial charge is 0.438 e. The van der Waals surface area contributed by atoms with Gasteiger partial charge in [0.15, 0.2) is 5.82 Å². The fraction of sp³-hybridized carbons (Fsp3) is 0.271. The highest BCUT2D eigenvalue weighted by molar-refractivity contribution is 6.00. The van der Waals surface area contributed by atoms with Gasteiger partial charge in [-0.1, -0.05) is 18.1 Å². The van der Waals surface area contributed by atoms with Crippen LogP contribution in [0.3, 0.4) is 0 Å². The number of aryl methyl sites for hydroxylation is 5. The second-order valence-corrected chi connectivity index (χ2v) is 17.2. The molecule has 0 atom stereocenters. The Morgan fingerprint density at radius 1 is 0.906 bits per heavy atom. The van der Waals surface area contributed by atoms with E-state index in [0.717, 1.165) is 62.0 Å². The lowest BCUT2D eigenvalue weighted by molar-refractivity contribution is 0.0721. The standard InChI is InChI=1S/C48H44FN11O4/c1-7-37-28(4)34(12-16-50-37)30-8-11-39-31(22-30)23-41(59(39)48(14-15-48)45-51-46(62)64-54-45)44(61)56-17-13-38-36(25-56)43(60(53-38)33-20-26(2)42(49)27(3)21-33)58-19-18-57(47(58)63)32-9-10-35-29(5)52-55(6)40(35)24-32/h8-12,16,18-24H,7,13-15,17,25H2,1-6H3,(H,51,54,62). The van der Waals surface area contributed by atoms with Crippen molar-refractivity contribution in [1.29, 1.82) is 0 Å². The number of hydrogen-bond acceptors (Lipinski definition) is 8. The number of rotatable bonds is 8. The summed E-state index contributed by atoms with van der Waals surface area (Å²) in [6.07, 6.45) is 7.73. The monoisotopic (exact) mass is 857 g/mol. The summed E-state index contributed by atoms with van der Waals surface area (Å²) >= 11 is 0. The van der Waals surface area contributed by atoms with E-state index >= 15 is 9.18 Å². The average molecular weight is 858 g/mol. The number of aromatic amines is 1. The van der Waals surface area contributed by atoms with Crippen LogP contribution in [-0.2, 0) is 32.0 Å². The number of pyridine rings is 1. The van der Waals surface area contributed by atoms with Gasteiger partial charge in [0.25, 0.3) is 5.91 Å². The average Bonchev–Trinajstić information content (AvgIpc) is 3.67. The highest BCUT2D eigenvalue weighted by Gasteiger charge is 2.52. The Morgan fingerprint density at radius 2 is 1.69 bits per heavy atom. The first kappa shape index (κ1) is 39.2. The summed E-state index contributed by atoms with van der Waals surface area (Å²) in [5, 5.41) is 15.6. The van der Waals surface area contributed by atoms with E-state index in [9.17, 15) is 9.59 Å². The lowest BCUT2D eigenvalue weighted by Gasteiger charge is -2.28. The molecule has 1 aliphatic heterocycles. The Bertz CT molecular complexity index is 3510. The van der Waals surface area contributed by atoms with Crippen LogP contribution in [0.4, 0.5) is 4.39 Å². The van der Waals surface area contributed by atoms with Crippen LogP contribution in [0.15, 0.2) is 93.4 Å². The lowest BCUT2D eigenvalue weighted by atomic mass is 9.98. The maximum Gasteiger partial charge on any atom is 0.438 e. The molecule has 0 spiro atoms. The van der Waals surface area contributed by atoms with Crippen LogP contribution < -0.4 is 11.4 Å². The number of hydrogen-bond donors (Lipinski definition) is 1. The van der Waals surface area contributed by atoms with Crippen molar-refractivity contribution >= 4 is 27.7 Å². The number of imidazole rings is 1. The van der Waals surface area contributed by atoms with Gasteiger partial charge in [-0.25, -0.2) is 18.7 Å². The van der Waals surface area contributed by atoms with Crippen molar-refractivity contribution in [3.8, 4) is 28.3 Å². The third-order valence-corrected chi connectivity index (χ3v) is 13.3. The molecule has 0 radical (unpaired) electrons. The van der Waals surface area contributed by atoms with Gasteiger partial charge in [-0.2, -0.15) is 10.2 Å². The van der Waals surface area contributed by atoms with Crippen molar-refractivity contribution in [1.82, 2.24) is 53.3 Å². The molecule has 0 unspecified atom stereocenters. The number of aromatic nitrogens is 10. The number of fused-ring (bicyclic) bond motifs is 3. The Kier molecular flexibility index (Phi) is 8.71. The minimum atomic E-state index is -0.801. The predicted molar refractivity (Wildman–Crippen MR) is 238 cm³/mol. The van der Waals surface area contributed by atoms with E-state index in [1.54, 1.807) is 61.8 Å². The molecule has 1 fully saturated rings. The first-order valence-electron chi connectivity index (χ1n) is 21.4. The van der Waals surface area contributed by atoms with Gasteiger partial charge < -0.3 is 9.47 Å². The van der Waals surface area contributed by atoms with Gasteiger partial charge in [-0.05, 0) is 129 Å². The third kappa shape index (κ3) is 5.88. The maximum atomic E-state index is 15.3. The van der Waals surface area contributed by atoms with Gasteiger partial charge in [0, 0.05) is 66.2 Å². The van der Waals surface area contributed by atoms with Gasteiger partial charge in [-0.3, -0.25) is 33.1 Å². The Labute approximate surface area is 365 Å². The van der Waals surface area contributed by atoms with Crippen molar-refractivity contribution in [3.63, 3.8) is 0 Å². The lowest BCUT2D eigenvalue weighted by Crippen LogP contribution is -2.38. The molecule has 7 heterocycles. The molecule has 64 heavy (non-hydrogen) atoms. The number of amides is 1. The minimum absolute atomic E-state index is 0.136. The third-order valence-electron chi connectivity index (χ3n) is 13.3. The first-order chi connectivity index (χ1) is 30.8. The fourth-order valence-electron chi connectivity index (χ4n) is 9.84. The second-order valence-electron chi connectivity index (χ2n) is 17.2. The quantitative estimate of drug-likeness (QED) is 0.170. The predicted octanol–water partition coefficient (Wildman–Crippen LogP) is 7.06. The molecular formula is C48H44FN11O4. The molecule has 1 amide bonds. The van der Waals surface area contributed by atoms with E-state index in [4.69, 9.17) is 9.62 Å². The molecule has 3 aromatic carbocycles. The van der Waals surface area contributed by atoms with Crippen LogP contribution in [0.2, 0.25) is 0 Å². The molecule has 1 N–H and O–H groups in total. The zero-order valence-electron chi connectivity index (χ0n) is 36.2. The second kappa shape index (κ2) is 14.2. The van der Waals surface area contributed by atoms with Crippen LogP contribution in [0.5, 0.6) is 0 Å². The van der Waals surface area contributed by atoms with E-state index in [2.05, 4.69) is 46.2 Å². The molecule has 6 aromatic heterocycles. The molecular weight excluding hydrogens is 814 g/mol. The molecule has 9 aromatic rings. The number of halogens is 1. The van der Waals surface area contributed by atoms with Gasteiger partial charge >= 0.3 is 11.4 Å². The smallest absolute Gasteiger partial charge is 0.332 e. The van der Waals surface area contributed by atoms with E-state index in [0.29, 0.717) is 71.2 Å². The van der Waals surface area contributed by atoms with Gasteiger partial charge in [0.1, 0.15) is 22.9 Å². The zero-order valence-corrected chi connectivity index (χ0v) is 36.2. The summed E-state index contributed by atoms with van der Waals surface area (Å²) in [5.41, 5.74) is 9.63. The van der Waals surface area contributed by atoms with Gasteiger partial charge in [0.2, 0.25) is 0 Å². The fourth-order valence-corrected chi connectivity index (χ4v) is 9.84. The molecule has 0 saturated heterocycles. The van der Waals surface area contributed by atoms with Crippen molar-refractivity contribution in [2.24, 2.45) is 7.05 Å². The topological polar surface area (TPSA) is 160 Å². The maximum absolute atomic E-state index is 15.3. The number of benzene rings is 3. The number of nitrogens with zero attached hydrogens (tertiary/aromatic N) is 10. The van der Waals surface area contributed by atoms with Crippen molar-refractivity contribution < 1.29 is 13.7 Å². The summed E-state index contributed by atoms with van der Waals surface area (Å²) in [6.45, 7) is 10.0. The van der Waals surface area contributed by atoms with Crippen LogP contribution in [-0.4, -0.2) is 65.7 Å². The SMILES string of the molecule is CCc1nccc(-c2ccc3c(c2)cc(C(=O)N2CCc4nn(-c5cc(C)c(F)c(C)c5)c(-n5ccn(-c6ccc7c(C)nn(C)c7c6)c5=O)c4C2)n3C2(c3noc(=O)[nH]3)CC2)c1C. The number of H-pyrrole nitrogens is 1. The Balaban J connectivity index is 1.04. The van der Waals surface area contributed by atoms with Crippen molar-refractivity contribution in [3.05, 3.63) is 157 Å². The number of nitrogens with one attached hydrogen (secondary N) is 1. The molecule has 322 valence electrons. The number of carbonyl (C=O) groups is 1. The van der Waals surface area contributed by atoms with Gasteiger partial charge in [-0.15, -0.1) is 0 Å². The van der Waals surface area contributed by atoms with Crippen LogP contribution in [0.25, 0.3) is 50.1 Å². The summed E-state index contributed by atoms with van der Waals surface area (Å²) in [5.74, 6) is -0.380. The first-order valence-corrected chi connectivity index (χ1v) is 21.4. The van der Waals surface area contributed by atoms with Crippen molar-refractivity contribution in [2.75, 3.05) is 6.54 Å². The number of carbonyl (C=O) groups excluding carboxylic acids is 1. The molecule has 2 aliphatic rings. The van der Waals surface area contributed by atoms with E-state index in [-0.39, 0.29) is 24.0 Å². The summed E-state index contributed by atoms with van der Waals surface area (Å²) in [4.78, 5) is 51.4. The van der Waals surface area contributed by atoms with Crippen LogP contribution in [0.1, 0.15) is 75.4 Å². The molecule has 1 aliphatic carbocycles. The van der Waals surface area contributed by atoms with E-state index in [1.165, 1.54) is 0 Å². The van der Waals surface area contributed by atoms with Crippen LogP contribution in [0, 0.1) is 33.5 Å². The molecule has 16 heteroatoms.